The lowest BCUT2D eigenvalue weighted by atomic mass is 10.1. The number of hydrogen-bond donors (Lipinski definition) is 2. The number of sulfonamides is 1. The molecule has 0 bridgehead atoms. The molecule has 1 heterocycles. The van der Waals surface area contributed by atoms with E-state index in [4.69, 9.17) is 16.3 Å². The van der Waals surface area contributed by atoms with E-state index in [2.05, 4.69) is 10.0 Å². The summed E-state index contributed by atoms with van der Waals surface area (Å²) < 4.78 is 33.3. The number of halogens is 1. The van der Waals surface area contributed by atoms with E-state index in [9.17, 15) is 13.2 Å². The van der Waals surface area contributed by atoms with Crippen LogP contribution in [-0.4, -0.2) is 14.3 Å². The number of ether oxygens (including phenoxy) is 1. The Bertz CT molecular complexity index is 1140. The predicted octanol–water partition coefficient (Wildman–Crippen LogP) is 4.50. The molecule has 6 nitrogen and oxygen atoms in total. The van der Waals surface area contributed by atoms with Crippen molar-refractivity contribution in [2.45, 2.75) is 4.90 Å². The molecule has 0 saturated heterocycles. The molecule has 3 aromatic carbocycles. The van der Waals surface area contributed by atoms with Crippen LogP contribution in [0.4, 0.5) is 11.4 Å². The van der Waals surface area contributed by atoms with Gasteiger partial charge in [-0.25, -0.2) is 8.42 Å². The Morgan fingerprint density at radius 1 is 0.926 bits per heavy atom. The fraction of sp³-hybridized carbons (Fsp3) is 0. The van der Waals surface area contributed by atoms with Gasteiger partial charge in [-0.1, -0.05) is 23.7 Å². The van der Waals surface area contributed by atoms with Gasteiger partial charge in [0.05, 0.1) is 16.1 Å². The number of anilines is 2. The van der Waals surface area contributed by atoms with E-state index >= 15 is 0 Å². The Labute approximate surface area is 160 Å². The van der Waals surface area contributed by atoms with Gasteiger partial charge in [0.2, 0.25) is 0 Å². The van der Waals surface area contributed by atoms with Crippen LogP contribution in [0.3, 0.4) is 0 Å². The summed E-state index contributed by atoms with van der Waals surface area (Å²) in [5.41, 5.74) is 1.01. The highest BCUT2D eigenvalue weighted by Gasteiger charge is 2.22. The number of nitrogens with one attached hydrogen (secondary N) is 2. The Balaban J connectivity index is 1.66. The van der Waals surface area contributed by atoms with Gasteiger partial charge in [-0.15, -0.1) is 0 Å². The summed E-state index contributed by atoms with van der Waals surface area (Å²) in [4.78, 5) is 12.6. The predicted molar refractivity (Wildman–Crippen MR) is 103 cm³/mol. The molecule has 3 aromatic rings. The summed E-state index contributed by atoms with van der Waals surface area (Å²) in [6, 6.07) is 17.4. The summed E-state index contributed by atoms with van der Waals surface area (Å²) in [5, 5.41) is 3.19. The van der Waals surface area contributed by atoms with Gasteiger partial charge in [0.15, 0.2) is 5.75 Å². The fourth-order valence-electron chi connectivity index (χ4n) is 2.65. The van der Waals surface area contributed by atoms with E-state index in [1.165, 1.54) is 36.4 Å². The second-order valence-electron chi connectivity index (χ2n) is 5.82. The minimum absolute atomic E-state index is 0.0648. The second-order valence-corrected chi connectivity index (χ2v) is 7.94. The molecule has 0 fully saturated rings. The van der Waals surface area contributed by atoms with Crippen LogP contribution in [-0.2, 0) is 10.0 Å². The number of para-hydroxylation sites is 2. The van der Waals surface area contributed by atoms with Crippen LogP contribution < -0.4 is 14.8 Å². The first-order valence-corrected chi connectivity index (χ1v) is 9.79. The summed E-state index contributed by atoms with van der Waals surface area (Å²) in [5.74, 6) is 0.466. The zero-order valence-electron chi connectivity index (χ0n) is 13.8. The van der Waals surface area contributed by atoms with Crippen molar-refractivity contribution in [2.24, 2.45) is 0 Å². The zero-order valence-corrected chi connectivity index (χ0v) is 15.3. The van der Waals surface area contributed by atoms with E-state index in [-0.39, 0.29) is 22.1 Å². The smallest absolute Gasteiger partial charge is 0.261 e. The third-order valence-corrected chi connectivity index (χ3v) is 5.60. The lowest BCUT2D eigenvalue weighted by molar-refractivity contribution is 0.102. The van der Waals surface area contributed by atoms with Crippen LogP contribution >= 0.6 is 11.6 Å². The molecule has 2 N–H and O–H groups in total. The highest BCUT2D eigenvalue weighted by Crippen LogP contribution is 2.36. The first-order chi connectivity index (χ1) is 12.9. The van der Waals surface area contributed by atoms with Crippen molar-refractivity contribution in [3.63, 3.8) is 0 Å². The molecule has 136 valence electrons. The highest BCUT2D eigenvalue weighted by atomic mass is 35.5. The molecule has 1 amide bonds. The second kappa shape index (κ2) is 6.61. The molecule has 0 radical (unpaired) electrons. The maximum atomic E-state index is 12.5. The maximum Gasteiger partial charge on any atom is 0.261 e. The molecule has 0 unspecified atom stereocenters. The molecular formula is C19H13ClN2O4S. The van der Waals surface area contributed by atoms with Crippen LogP contribution in [0.25, 0.3) is 0 Å². The molecule has 0 saturated carbocycles. The number of fused-ring (bicyclic) bond motifs is 2. The molecule has 0 aromatic heterocycles. The average Bonchev–Trinajstić information content (AvgIpc) is 2.78. The Kier molecular flexibility index (Phi) is 4.25. The lowest BCUT2D eigenvalue weighted by Crippen LogP contribution is -2.14. The van der Waals surface area contributed by atoms with Crippen molar-refractivity contribution < 1.29 is 17.9 Å². The van der Waals surface area contributed by atoms with Gasteiger partial charge in [-0.3, -0.25) is 9.52 Å². The van der Waals surface area contributed by atoms with E-state index in [1.807, 2.05) is 0 Å². The summed E-state index contributed by atoms with van der Waals surface area (Å²) in [6.07, 6.45) is 0. The number of hydrogen-bond acceptors (Lipinski definition) is 4. The number of carbonyl (C=O) groups is 1. The minimum atomic E-state index is -3.82. The van der Waals surface area contributed by atoms with Crippen molar-refractivity contribution in [1.29, 1.82) is 0 Å². The van der Waals surface area contributed by atoms with Crippen molar-refractivity contribution >= 4 is 38.9 Å². The van der Waals surface area contributed by atoms with E-state index in [0.29, 0.717) is 22.2 Å². The fourth-order valence-corrected chi connectivity index (χ4v) is 3.83. The van der Waals surface area contributed by atoms with Gasteiger partial charge in [0, 0.05) is 10.7 Å². The number of rotatable bonds is 3. The van der Waals surface area contributed by atoms with Crippen molar-refractivity contribution in [2.75, 3.05) is 10.0 Å². The quantitative estimate of drug-likeness (QED) is 0.678. The standard InChI is InChI=1S/C19H13ClN2O4S/c20-12-5-8-14(9-6-12)27(24,25)22-13-7-10-17-15(11-13)19(23)21-16-3-1-2-4-18(16)26-17/h1-11,22H,(H,21,23). The Morgan fingerprint density at radius 2 is 1.67 bits per heavy atom. The monoisotopic (exact) mass is 400 g/mol. The normalized spacial score (nSPS) is 12.9. The van der Waals surface area contributed by atoms with Gasteiger partial charge in [0.1, 0.15) is 5.75 Å². The van der Waals surface area contributed by atoms with Crippen molar-refractivity contribution in [3.05, 3.63) is 77.3 Å². The van der Waals surface area contributed by atoms with Crippen LogP contribution in [0.15, 0.2) is 71.6 Å². The zero-order chi connectivity index (χ0) is 19.0. The van der Waals surface area contributed by atoms with Crippen molar-refractivity contribution in [3.8, 4) is 11.5 Å². The van der Waals surface area contributed by atoms with Gasteiger partial charge in [-0.2, -0.15) is 0 Å². The molecule has 4 rings (SSSR count). The number of benzene rings is 3. The van der Waals surface area contributed by atoms with E-state index in [1.54, 1.807) is 30.3 Å². The summed E-state index contributed by atoms with van der Waals surface area (Å²) in [7, 11) is -3.82. The van der Waals surface area contributed by atoms with Gasteiger partial charge < -0.3 is 10.1 Å². The van der Waals surface area contributed by atoms with Crippen LogP contribution in [0.2, 0.25) is 5.02 Å². The van der Waals surface area contributed by atoms with Crippen LogP contribution in [0.5, 0.6) is 11.5 Å². The lowest BCUT2D eigenvalue weighted by Gasteiger charge is -2.11. The largest absolute Gasteiger partial charge is 0.454 e. The Morgan fingerprint density at radius 3 is 2.44 bits per heavy atom. The number of amides is 1. The summed E-state index contributed by atoms with van der Waals surface area (Å²) >= 11 is 5.80. The molecule has 1 aliphatic heterocycles. The van der Waals surface area contributed by atoms with Gasteiger partial charge in [-0.05, 0) is 54.6 Å². The SMILES string of the molecule is O=C1Nc2ccccc2Oc2ccc(NS(=O)(=O)c3ccc(Cl)cc3)cc21. The molecular weight excluding hydrogens is 388 g/mol. The highest BCUT2D eigenvalue weighted by molar-refractivity contribution is 7.92. The third kappa shape index (κ3) is 3.47. The van der Waals surface area contributed by atoms with E-state index < -0.39 is 10.0 Å². The Hall–Kier alpha value is -3.03. The topological polar surface area (TPSA) is 84.5 Å². The molecule has 0 spiro atoms. The van der Waals surface area contributed by atoms with Gasteiger partial charge >= 0.3 is 0 Å². The molecule has 0 atom stereocenters. The van der Waals surface area contributed by atoms with Crippen LogP contribution in [0, 0.1) is 0 Å². The molecule has 8 heteroatoms. The number of carbonyl (C=O) groups excluding carboxylic acids is 1. The van der Waals surface area contributed by atoms with Crippen LogP contribution in [0.1, 0.15) is 10.4 Å². The molecule has 27 heavy (non-hydrogen) atoms. The van der Waals surface area contributed by atoms with E-state index in [0.717, 1.165) is 0 Å². The average molecular weight is 401 g/mol. The maximum absolute atomic E-state index is 12.5. The first kappa shape index (κ1) is 17.4. The minimum Gasteiger partial charge on any atom is -0.454 e. The molecule has 0 aliphatic carbocycles. The van der Waals surface area contributed by atoms with Crippen molar-refractivity contribution in [1.82, 2.24) is 0 Å². The molecule has 1 aliphatic rings. The summed E-state index contributed by atoms with van der Waals surface area (Å²) in [6.45, 7) is 0. The van der Waals surface area contributed by atoms with Gasteiger partial charge in [0.25, 0.3) is 15.9 Å². The third-order valence-electron chi connectivity index (χ3n) is 3.96. The first-order valence-electron chi connectivity index (χ1n) is 7.93.